The highest BCUT2D eigenvalue weighted by Crippen LogP contribution is 2.57. The van der Waals surface area contributed by atoms with Crippen molar-refractivity contribution in [1.82, 2.24) is 0 Å². The first kappa shape index (κ1) is 10.1. The molecule has 4 saturated carbocycles. The van der Waals surface area contributed by atoms with Crippen LogP contribution in [0.3, 0.4) is 0 Å². The van der Waals surface area contributed by atoms with E-state index in [-0.39, 0.29) is 0 Å². The zero-order chi connectivity index (χ0) is 10.3. The molecule has 4 rings (SSSR count). The van der Waals surface area contributed by atoms with Gasteiger partial charge in [-0.1, -0.05) is 6.42 Å². The Morgan fingerprint density at radius 3 is 1.93 bits per heavy atom. The van der Waals surface area contributed by atoms with E-state index in [4.69, 9.17) is 5.73 Å². The molecule has 0 spiro atoms. The Morgan fingerprint density at radius 2 is 1.40 bits per heavy atom. The van der Waals surface area contributed by atoms with Crippen LogP contribution in [-0.2, 0) is 0 Å². The average Bonchev–Trinajstić information content (AvgIpc) is 2.21. The predicted octanol–water partition coefficient (Wildman–Crippen LogP) is 3.19. The van der Waals surface area contributed by atoms with E-state index < -0.39 is 0 Å². The van der Waals surface area contributed by atoms with Crippen molar-refractivity contribution in [2.75, 3.05) is 6.54 Å². The molecule has 0 aliphatic heterocycles. The Hall–Kier alpha value is -0.0400. The summed E-state index contributed by atoms with van der Waals surface area (Å²) in [6, 6.07) is 0. The molecule has 4 aliphatic rings. The Morgan fingerprint density at radius 1 is 0.800 bits per heavy atom. The third-order valence-corrected chi connectivity index (χ3v) is 5.41. The Balaban J connectivity index is 1.60. The van der Waals surface area contributed by atoms with E-state index in [1.54, 1.807) is 32.1 Å². The van der Waals surface area contributed by atoms with E-state index in [1.165, 1.54) is 19.3 Å². The van der Waals surface area contributed by atoms with Gasteiger partial charge in [0.2, 0.25) is 0 Å². The minimum Gasteiger partial charge on any atom is -0.330 e. The smallest absolute Gasteiger partial charge is 0.00773 e. The molecule has 1 nitrogen and oxygen atoms in total. The van der Waals surface area contributed by atoms with Crippen LogP contribution in [0.4, 0.5) is 0 Å². The van der Waals surface area contributed by atoms with E-state index in [0.29, 0.717) is 0 Å². The van der Waals surface area contributed by atoms with Crippen LogP contribution in [0.15, 0.2) is 0 Å². The van der Waals surface area contributed by atoms with Crippen LogP contribution >= 0.6 is 0 Å². The standard InChI is InChI=1S/C14H25N/c15-4-2-1-3-14-12-6-10-5-11(8-12)9-13(14)7-10/h10-14H,1-9,15H2. The Bertz CT molecular complexity index is 195. The van der Waals surface area contributed by atoms with Crippen LogP contribution in [0.5, 0.6) is 0 Å². The van der Waals surface area contributed by atoms with E-state index in [2.05, 4.69) is 0 Å². The minimum absolute atomic E-state index is 0.896. The van der Waals surface area contributed by atoms with E-state index >= 15 is 0 Å². The van der Waals surface area contributed by atoms with Crippen molar-refractivity contribution in [3.8, 4) is 0 Å². The second kappa shape index (κ2) is 4.08. The summed E-state index contributed by atoms with van der Waals surface area (Å²) in [5.74, 6) is 5.62. The molecule has 0 aromatic heterocycles. The number of hydrogen-bond donors (Lipinski definition) is 1. The van der Waals surface area contributed by atoms with Crippen molar-refractivity contribution >= 4 is 0 Å². The summed E-state index contributed by atoms with van der Waals surface area (Å²) in [7, 11) is 0. The number of unbranched alkanes of at least 4 members (excludes halogenated alkanes) is 1. The van der Waals surface area contributed by atoms with Gasteiger partial charge in [0.05, 0.1) is 0 Å². The molecule has 4 aliphatic carbocycles. The lowest BCUT2D eigenvalue weighted by atomic mass is 9.51. The maximum atomic E-state index is 5.59. The van der Waals surface area contributed by atoms with Gasteiger partial charge in [0.15, 0.2) is 0 Å². The van der Waals surface area contributed by atoms with Crippen molar-refractivity contribution in [2.24, 2.45) is 35.3 Å². The molecule has 0 atom stereocenters. The summed E-state index contributed by atoms with van der Waals surface area (Å²) in [6.45, 7) is 0.896. The highest BCUT2D eigenvalue weighted by Gasteiger charge is 2.47. The van der Waals surface area contributed by atoms with Crippen molar-refractivity contribution in [2.45, 2.75) is 51.4 Å². The Kier molecular flexibility index (Phi) is 2.76. The first-order valence-corrected chi connectivity index (χ1v) is 7.07. The molecule has 4 fully saturated rings. The summed E-state index contributed by atoms with van der Waals surface area (Å²) in [5, 5.41) is 0. The second-order valence-electron chi connectivity index (χ2n) is 6.38. The quantitative estimate of drug-likeness (QED) is 0.704. The van der Waals surface area contributed by atoms with Gasteiger partial charge in [-0.3, -0.25) is 0 Å². The second-order valence-corrected chi connectivity index (χ2v) is 6.38. The van der Waals surface area contributed by atoms with E-state index in [1.807, 2.05) is 0 Å². The summed E-state index contributed by atoms with van der Waals surface area (Å²) >= 11 is 0. The third kappa shape index (κ3) is 1.84. The zero-order valence-corrected chi connectivity index (χ0v) is 9.83. The molecule has 0 unspecified atom stereocenters. The van der Waals surface area contributed by atoms with Crippen molar-refractivity contribution in [3.63, 3.8) is 0 Å². The molecular formula is C14H25N. The Labute approximate surface area is 93.8 Å². The van der Waals surface area contributed by atoms with Gasteiger partial charge in [-0.25, -0.2) is 0 Å². The molecule has 0 aromatic rings. The lowest BCUT2D eigenvalue weighted by Gasteiger charge is -2.54. The summed E-state index contributed by atoms with van der Waals surface area (Å²) in [4.78, 5) is 0. The highest BCUT2D eigenvalue weighted by atomic mass is 14.5. The zero-order valence-electron chi connectivity index (χ0n) is 9.83. The van der Waals surface area contributed by atoms with Crippen LogP contribution in [-0.4, -0.2) is 6.54 Å². The van der Waals surface area contributed by atoms with Crippen molar-refractivity contribution < 1.29 is 0 Å². The molecule has 4 bridgehead atoms. The van der Waals surface area contributed by atoms with Crippen molar-refractivity contribution in [3.05, 3.63) is 0 Å². The van der Waals surface area contributed by atoms with Gasteiger partial charge >= 0.3 is 0 Å². The summed E-state index contributed by atoms with van der Waals surface area (Å²) in [5.41, 5.74) is 5.59. The predicted molar refractivity (Wildman–Crippen MR) is 63.4 cm³/mol. The van der Waals surface area contributed by atoms with Crippen LogP contribution in [0.25, 0.3) is 0 Å². The fourth-order valence-electron chi connectivity index (χ4n) is 5.03. The maximum Gasteiger partial charge on any atom is -0.00773 e. The minimum atomic E-state index is 0.896. The molecule has 15 heavy (non-hydrogen) atoms. The van der Waals surface area contributed by atoms with Crippen LogP contribution < -0.4 is 5.73 Å². The molecule has 86 valence electrons. The molecule has 0 saturated heterocycles. The monoisotopic (exact) mass is 207 g/mol. The lowest BCUT2D eigenvalue weighted by Crippen LogP contribution is -2.44. The highest BCUT2D eigenvalue weighted by molar-refractivity contribution is 4.97. The summed E-state index contributed by atoms with van der Waals surface area (Å²) in [6.07, 6.45) is 12.1. The van der Waals surface area contributed by atoms with Gasteiger partial charge in [-0.2, -0.15) is 0 Å². The molecule has 0 heterocycles. The van der Waals surface area contributed by atoms with Gasteiger partial charge < -0.3 is 5.73 Å². The third-order valence-electron chi connectivity index (χ3n) is 5.41. The SMILES string of the molecule is NCCCCC1C2CC3CC(C2)CC1C3. The fraction of sp³-hybridized carbons (Fsp3) is 1.00. The van der Waals surface area contributed by atoms with E-state index in [9.17, 15) is 0 Å². The first-order valence-electron chi connectivity index (χ1n) is 7.07. The number of rotatable bonds is 4. The fourth-order valence-corrected chi connectivity index (χ4v) is 5.03. The van der Waals surface area contributed by atoms with Gasteiger partial charge in [-0.05, 0) is 81.1 Å². The average molecular weight is 207 g/mol. The molecule has 1 heteroatoms. The molecule has 0 radical (unpaired) electrons. The number of hydrogen-bond acceptors (Lipinski definition) is 1. The summed E-state index contributed by atoms with van der Waals surface area (Å²) < 4.78 is 0. The van der Waals surface area contributed by atoms with Gasteiger partial charge in [0, 0.05) is 0 Å². The molecule has 0 amide bonds. The normalized spacial score (nSPS) is 47.4. The first-order chi connectivity index (χ1) is 7.36. The van der Waals surface area contributed by atoms with Gasteiger partial charge in [0.1, 0.15) is 0 Å². The maximum absolute atomic E-state index is 5.59. The van der Waals surface area contributed by atoms with Crippen molar-refractivity contribution in [1.29, 1.82) is 0 Å². The molecular weight excluding hydrogens is 182 g/mol. The molecule has 0 aromatic carbocycles. The van der Waals surface area contributed by atoms with E-state index in [0.717, 1.165) is 36.1 Å². The largest absolute Gasteiger partial charge is 0.330 e. The van der Waals surface area contributed by atoms with Gasteiger partial charge in [-0.15, -0.1) is 0 Å². The lowest BCUT2D eigenvalue weighted by molar-refractivity contribution is -0.0403. The topological polar surface area (TPSA) is 26.0 Å². The molecule has 2 N–H and O–H groups in total. The van der Waals surface area contributed by atoms with Gasteiger partial charge in [0.25, 0.3) is 0 Å². The van der Waals surface area contributed by atoms with Crippen LogP contribution in [0.1, 0.15) is 51.4 Å². The van der Waals surface area contributed by atoms with Crippen LogP contribution in [0.2, 0.25) is 0 Å². The number of nitrogens with two attached hydrogens (primary N) is 1. The van der Waals surface area contributed by atoms with Crippen LogP contribution in [0, 0.1) is 29.6 Å².